The normalized spacial score (nSPS) is 10.4. The number of pyridine rings is 1. The Labute approximate surface area is 176 Å². The zero-order valence-corrected chi connectivity index (χ0v) is 17.5. The van der Waals surface area contributed by atoms with Crippen LogP contribution in [0, 0.1) is 0 Å². The van der Waals surface area contributed by atoms with Crippen LogP contribution >= 0.6 is 27.7 Å². The first kappa shape index (κ1) is 20.1. The second-order valence-electron chi connectivity index (χ2n) is 5.98. The number of anilines is 1. The van der Waals surface area contributed by atoms with Gasteiger partial charge >= 0.3 is 0 Å². The molecule has 142 valence electrons. The average molecular weight is 456 g/mol. The molecule has 0 bridgehead atoms. The first-order valence-corrected chi connectivity index (χ1v) is 10.2. The number of carbonyl (C=O) groups excluding carboxylic acids is 2. The fraction of sp³-hybridized carbons (Fsp3) is 0.0952. The summed E-state index contributed by atoms with van der Waals surface area (Å²) in [6.07, 6.45) is 1.68. The maximum absolute atomic E-state index is 12.7. The highest BCUT2D eigenvalue weighted by Crippen LogP contribution is 2.29. The van der Waals surface area contributed by atoms with E-state index < -0.39 is 0 Å². The minimum atomic E-state index is -0.197. The van der Waals surface area contributed by atoms with Gasteiger partial charge in [0.25, 0.3) is 5.91 Å². The summed E-state index contributed by atoms with van der Waals surface area (Å²) in [5.74, 6) is -0.330. The molecule has 5 nitrogen and oxygen atoms in total. The van der Waals surface area contributed by atoms with E-state index in [0.717, 1.165) is 14.9 Å². The van der Waals surface area contributed by atoms with E-state index >= 15 is 0 Å². The average Bonchev–Trinajstić information content (AvgIpc) is 2.68. The van der Waals surface area contributed by atoms with Crippen molar-refractivity contribution in [1.82, 2.24) is 10.3 Å². The van der Waals surface area contributed by atoms with Gasteiger partial charge in [0, 0.05) is 34.7 Å². The van der Waals surface area contributed by atoms with Gasteiger partial charge in [0.05, 0.1) is 5.56 Å². The Morgan fingerprint density at radius 3 is 2.61 bits per heavy atom. The zero-order valence-electron chi connectivity index (χ0n) is 15.1. The number of rotatable bonds is 6. The van der Waals surface area contributed by atoms with E-state index in [4.69, 9.17) is 0 Å². The van der Waals surface area contributed by atoms with Crippen LogP contribution in [0.25, 0.3) is 0 Å². The molecule has 0 aliphatic carbocycles. The molecule has 0 atom stereocenters. The number of hydrogen-bond donors (Lipinski definition) is 2. The molecule has 2 aromatic carbocycles. The number of nitrogens with zero attached hydrogens (tertiary/aromatic N) is 1. The van der Waals surface area contributed by atoms with E-state index in [1.54, 1.807) is 24.4 Å². The maximum Gasteiger partial charge on any atom is 0.254 e. The third kappa shape index (κ3) is 5.68. The van der Waals surface area contributed by atoms with Gasteiger partial charge in [0.1, 0.15) is 5.03 Å². The predicted molar refractivity (Wildman–Crippen MR) is 114 cm³/mol. The molecular formula is C21H18BrN3O2S. The molecule has 3 aromatic rings. The Balaban J connectivity index is 1.69. The van der Waals surface area contributed by atoms with E-state index in [1.165, 1.54) is 18.7 Å². The summed E-state index contributed by atoms with van der Waals surface area (Å²) in [7, 11) is 0. The molecule has 1 heterocycles. The number of benzene rings is 2. The highest BCUT2D eigenvalue weighted by molar-refractivity contribution is 9.10. The van der Waals surface area contributed by atoms with Crippen molar-refractivity contribution >= 4 is 45.2 Å². The zero-order chi connectivity index (χ0) is 19.9. The number of halogens is 1. The van der Waals surface area contributed by atoms with Gasteiger partial charge < -0.3 is 10.6 Å². The molecule has 0 unspecified atom stereocenters. The van der Waals surface area contributed by atoms with Crippen molar-refractivity contribution in [2.75, 3.05) is 5.32 Å². The maximum atomic E-state index is 12.7. The summed E-state index contributed by atoms with van der Waals surface area (Å²) < 4.78 is 0.998. The van der Waals surface area contributed by atoms with E-state index in [2.05, 4.69) is 31.5 Å². The van der Waals surface area contributed by atoms with Crippen LogP contribution in [0.15, 0.2) is 81.3 Å². The van der Waals surface area contributed by atoms with E-state index in [-0.39, 0.29) is 11.8 Å². The van der Waals surface area contributed by atoms with E-state index in [0.29, 0.717) is 22.8 Å². The number of carbonyl (C=O) groups is 2. The van der Waals surface area contributed by atoms with Gasteiger partial charge in [-0.25, -0.2) is 4.98 Å². The molecule has 0 fully saturated rings. The Hall–Kier alpha value is -2.64. The predicted octanol–water partition coefficient (Wildman–Crippen LogP) is 4.88. The Morgan fingerprint density at radius 2 is 1.86 bits per heavy atom. The van der Waals surface area contributed by atoms with Gasteiger partial charge in [-0.05, 0) is 54.1 Å². The van der Waals surface area contributed by atoms with E-state index in [9.17, 15) is 9.59 Å². The summed E-state index contributed by atoms with van der Waals surface area (Å²) >= 11 is 4.86. The summed E-state index contributed by atoms with van der Waals surface area (Å²) in [5, 5.41) is 6.30. The first-order chi connectivity index (χ1) is 13.5. The molecule has 0 saturated carbocycles. The van der Waals surface area contributed by atoms with Crippen molar-refractivity contribution in [2.45, 2.75) is 23.4 Å². The van der Waals surface area contributed by atoms with Crippen LogP contribution in [-0.2, 0) is 11.3 Å². The highest BCUT2D eigenvalue weighted by atomic mass is 79.9. The lowest BCUT2D eigenvalue weighted by atomic mass is 10.2. The molecule has 0 saturated heterocycles. The Kier molecular flexibility index (Phi) is 6.84. The highest BCUT2D eigenvalue weighted by Gasteiger charge is 2.13. The molecule has 3 rings (SSSR count). The second-order valence-corrected chi connectivity index (χ2v) is 7.95. The van der Waals surface area contributed by atoms with Crippen molar-refractivity contribution in [1.29, 1.82) is 0 Å². The first-order valence-electron chi connectivity index (χ1n) is 8.54. The standard InChI is InChI=1S/C21H18BrN3O2S/c1-14(26)25-17-5-2-4-15(12-17)13-24-20(27)19-6-3-11-23-21(19)28-18-9-7-16(22)8-10-18/h2-12H,13H2,1H3,(H,24,27)(H,25,26). The number of amides is 2. The third-order valence-electron chi connectivity index (χ3n) is 3.74. The molecule has 1 aromatic heterocycles. The van der Waals surface area contributed by atoms with Crippen molar-refractivity contribution in [2.24, 2.45) is 0 Å². The number of nitrogens with one attached hydrogen (secondary N) is 2. The molecular weight excluding hydrogens is 438 g/mol. The van der Waals surface area contributed by atoms with Crippen LogP contribution in [0.2, 0.25) is 0 Å². The van der Waals surface area contributed by atoms with E-state index in [1.807, 2.05) is 42.5 Å². The molecule has 28 heavy (non-hydrogen) atoms. The lowest BCUT2D eigenvalue weighted by Crippen LogP contribution is -2.23. The number of hydrogen-bond acceptors (Lipinski definition) is 4. The minimum Gasteiger partial charge on any atom is -0.348 e. The third-order valence-corrected chi connectivity index (χ3v) is 5.30. The van der Waals surface area contributed by atoms with Crippen molar-refractivity contribution < 1.29 is 9.59 Å². The molecule has 7 heteroatoms. The van der Waals surface area contributed by atoms with Crippen LogP contribution in [0.5, 0.6) is 0 Å². The molecule has 2 N–H and O–H groups in total. The minimum absolute atomic E-state index is 0.133. The lowest BCUT2D eigenvalue weighted by molar-refractivity contribution is -0.114. The molecule has 0 aliphatic heterocycles. The Bertz CT molecular complexity index is 993. The summed E-state index contributed by atoms with van der Waals surface area (Å²) in [6, 6.07) is 18.7. The second kappa shape index (κ2) is 9.52. The SMILES string of the molecule is CC(=O)Nc1cccc(CNC(=O)c2cccnc2Sc2ccc(Br)cc2)c1. The van der Waals surface area contributed by atoms with Gasteiger partial charge in [-0.15, -0.1) is 0 Å². The molecule has 0 aliphatic rings. The summed E-state index contributed by atoms with van der Waals surface area (Å²) in [5.41, 5.74) is 2.12. The molecule has 0 spiro atoms. The summed E-state index contributed by atoms with van der Waals surface area (Å²) in [6.45, 7) is 1.81. The van der Waals surface area contributed by atoms with Gasteiger partial charge in [-0.1, -0.05) is 39.8 Å². The smallest absolute Gasteiger partial charge is 0.254 e. The molecule has 0 radical (unpaired) electrons. The monoisotopic (exact) mass is 455 g/mol. The van der Waals surface area contributed by atoms with Gasteiger partial charge in [0.15, 0.2) is 0 Å². The van der Waals surface area contributed by atoms with Crippen molar-refractivity contribution in [3.63, 3.8) is 0 Å². The lowest BCUT2D eigenvalue weighted by Gasteiger charge is -2.10. The molecule has 2 amide bonds. The number of aromatic nitrogens is 1. The van der Waals surface area contributed by atoms with Crippen LogP contribution in [-0.4, -0.2) is 16.8 Å². The van der Waals surface area contributed by atoms with Crippen LogP contribution < -0.4 is 10.6 Å². The van der Waals surface area contributed by atoms with Crippen LogP contribution in [0.4, 0.5) is 5.69 Å². The largest absolute Gasteiger partial charge is 0.348 e. The van der Waals surface area contributed by atoms with Gasteiger partial charge in [0.2, 0.25) is 5.91 Å². The van der Waals surface area contributed by atoms with Gasteiger partial charge in [-0.2, -0.15) is 0 Å². The van der Waals surface area contributed by atoms with Crippen molar-refractivity contribution in [3.05, 3.63) is 82.5 Å². The Morgan fingerprint density at radius 1 is 1.07 bits per heavy atom. The van der Waals surface area contributed by atoms with Gasteiger partial charge in [-0.3, -0.25) is 9.59 Å². The van der Waals surface area contributed by atoms with Crippen molar-refractivity contribution in [3.8, 4) is 0 Å². The quantitative estimate of drug-likeness (QED) is 0.555. The fourth-order valence-corrected chi connectivity index (χ4v) is 3.64. The summed E-state index contributed by atoms with van der Waals surface area (Å²) in [4.78, 5) is 29.3. The van der Waals surface area contributed by atoms with Crippen LogP contribution in [0.1, 0.15) is 22.8 Å². The van der Waals surface area contributed by atoms with Crippen LogP contribution in [0.3, 0.4) is 0 Å². The fourth-order valence-electron chi connectivity index (χ4n) is 2.50. The topological polar surface area (TPSA) is 71.1 Å².